The van der Waals surface area contributed by atoms with Gasteiger partial charge in [0.15, 0.2) is 17.4 Å². The van der Waals surface area contributed by atoms with Crippen LogP contribution in [0.15, 0.2) is 12.1 Å². The number of hydrogen-bond acceptors (Lipinski definition) is 2. The number of rotatable bonds is 0. The highest BCUT2D eigenvalue weighted by Gasteiger charge is 2.27. The van der Waals surface area contributed by atoms with E-state index in [0.717, 1.165) is 6.07 Å². The van der Waals surface area contributed by atoms with Gasteiger partial charge in [-0.3, -0.25) is 4.79 Å². The Labute approximate surface area is 84.5 Å². The molecule has 0 aliphatic carbocycles. The average Bonchev–Trinajstić information content (AvgIpc) is 2.17. The van der Waals surface area contributed by atoms with Crippen LogP contribution in [-0.2, 0) is 5.75 Å². The highest BCUT2D eigenvalue weighted by Crippen LogP contribution is 2.32. The Kier molecular flexibility index (Phi) is 2.31. The molecule has 74 valence electrons. The Morgan fingerprint density at radius 1 is 1.43 bits per heavy atom. The van der Waals surface area contributed by atoms with Crippen molar-refractivity contribution in [3.8, 4) is 0 Å². The lowest BCUT2D eigenvalue weighted by molar-refractivity contribution is 0.0991. The second-order valence-electron chi connectivity index (χ2n) is 3.20. The fourth-order valence-corrected chi connectivity index (χ4v) is 2.44. The molecule has 0 saturated heterocycles. The number of carbonyl (C=O) groups is 1. The summed E-state index contributed by atoms with van der Waals surface area (Å²) in [5.41, 5.74) is 0.535. The molecule has 14 heavy (non-hydrogen) atoms. The van der Waals surface area contributed by atoms with Crippen molar-refractivity contribution in [2.45, 2.75) is 17.9 Å². The maximum absolute atomic E-state index is 13.2. The molecule has 2 rings (SSSR count). The minimum Gasteiger partial charge on any atom is -0.293 e. The maximum Gasteiger partial charge on any atom is 0.175 e. The van der Waals surface area contributed by atoms with Gasteiger partial charge >= 0.3 is 0 Å². The first-order valence-corrected chi connectivity index (χ1v) is 5.29. The Hall–Kier alpha value is -0.900. The van der Waals surface area contributed by atoms with Crippen LogP contribution in [0.25, 0.3) is 0 Å². The van der Waals surface area contributed by atoms with Crippen LogP contribution >= 0.6 is 11.8 Å². The van der Waals surface area contributed by atoms with Crippen molar-refractivity contribution >= 4 is 17.5 Å². The molecule has 1 aromatic carbocycles. The summed E-state index contributed by atoms with van der Waals surface area (Å²) in [7, 11) is 0. The molecule has 1 aliphatic heterocycles. The molecule has 0 spiro atoms. The van der Waals surface area contributed by atoms with Gasteiger partial charge in [0.05, 0.1) is 5.25 Å². The molecule has 0 saturated carbocycles. The minimum absolute atomic E-state index is 0.116. The van der Waals surface area contributed by atoms with Crippen LogP contribution in [0, 0.1) is 11.6 Å². The van der Waals surface area contributed by atoms with E-state index in [-0.39, 0.29) is 16.6 Å². The second kappa shape index (κ2) is 3.35. The quantitative estimate of drug-likeness (QED) is 0.660. The van der Waals surface area contributed by atoms with Crippen molar-refractivity contribution in [3.05, 3.63) is 34.9 Å². The molecule has 1 heterocycles. The summed E-state index contributed by atoms with van der Waals surface area (Å²) >= 11 is 1.34. The lowest BCUT2D eigenvalue weighted by Crippen LogP contribution is -2.21. The van der Waals surface area contributed by atoms with Gasteiger partial charge in [-0.1, -0.05) is 0 Å². The summed E-state index contributed by atoms with van der Waals surface area (Å²) in [6.07, 6.45) is 0. The topological polar surface area (TPSA) is 17.1 Å². The van der Waals surface area contributed by atoms with Crippen molar-refractivity contribution < 1.29 is 13.6 Å². The van der Waals surface area contributed by atoms with Crippen LogP contribution in [-0.4, -0.2) is 11.0 Å². The molecule has 4 heteroatoms. The van der Waals surface area contributed by atoms with Crippen LogP contribution in [0.3, 0.4) is 0 Å². The molecule has 1 atom stereocenters. The number of ketones is 1. The summed E-state index contributed by atoms with van der Waals surface area (Å²) in [5.74, 6) is -1.51. The van der Waals surface area contributed by atoms with Crippen molar-refractivity contribution in [1.29, 1.82) is 0 Å². The van der Waals surface area contributed by atoms with Gasteiger partial charge in [-0.2, -0.15) is 0 Å². The third-order valence-electron chi connectivity index (χ3n) is 2.31. The minimum atomic E-state index is -0.883. The third kappa shape index (κ3) is 1.34. The monoisotopic (exact) mass is 214 g/mol. The first kappa shape index (κ1) is 9.65. The van der Waals surface area contributed by atoms with E-state index in [1.54, 1.807) is 6.92 Å². The Balaban J connectivity index is 2.59. The lowest BCUT2D eigenvalue weighted by atomic mass is 10.0. The van der Waals surface area contributed by atoms with Crippen molar-refractivity contribution in [2.24, 2.45) is 0 Å². The number of halogens is 2. The Morgan fingerprint density at radius 2 is 2.14 bits per heavy atom. The van der Waals surface area contributed by atoms with E-state index in [4.69, 9.17) is 0 Å². The van der Waals surface area contributed by atoms with Gasteiger partial charge in [-0.05, 0) is 19.1 Å². The summed E-state index contributed by atoms with van der Waals surface area (Å²) in [4.78, 5) is 11.6. The number of hydrogen-bond donors (Lipinski definition) is 0. The van der Waals surface area contributed by atoms with E-state index in [9.17, 15) is 13.6 Å². The maximum atomic E-state index is 13.2. The zero-order valence-electron chi connectivity index (χ0n) is 7.51. The van der Waals surface area contributed by atoms with Gasteiger partial charge in [0, 0.05) is 16.9 Å². The van der Waals surface area contributed by atoms with Crippen LogP contribution in [0.1, 0.15) is 22.8 Å². The van der Waals surface area contributed by atoms with E-state index in [1.165, 1.54) is 17.8 Å². The van der Waals surface area contributed by atoms with Gasteiger partial charge in [0.25, 0.3) is 0 Å². The number of carbonyl (C=O) groups excluding carboxylic acids is 1. The van der Waals surface area contributed by atoms with Crippen LogP contribution in [0.2, 0.25) is 0 Å². The molecule has 1 nitrogen and oxygen atoms in total. The number of benzene rings is 1. The highest BCUT2D eigenvalue weighted by atomic mass is 32.2. The molecule has 1 unspecified atom stereocenters. The fraction of sp³-hybridized carbons (Fsp3) is 0.300. The van der Waals surface area contributed by atoms with E-state index < -0.39 is 11.6 Å². The molecule has 0 amide bonds. The molecule has 0 fully saturated rings. The number of thioether (sulfide) groups is 1. The molecule has 0 bridgehead atoms. The first-order valence-electron chi connectivity index (χ1n) is 4.24. The first-order chi connectivity index (χ1) is 6.61. The fourth-order valence-electron chi connectivity index (χ4n) is 1.47. The van der Waals surface area contributed by atoms with E-state index >= 15 is 0 Å². The van der Waals surface area contributed by atoms with Gasteiger partial charge < -0.3 is 0 Å². The van der Waals surface area contributed by atoms with E-state index in [1.807, 2.05) is 0 Å². The summed E-state index contributed by atoms with van der Waals surface area (Å²) in [5, 5.41) is -0.160. The normalized spacial score (nSPS) is 20.8. The van der Waals surface area contributed by atoms with Crippen LogP contribution in [0.5, 0.6) is 0 Å². The molecule has 1 aliphatic rings. The smallest absolute Gasteiger partial charge is 0.175 e. The standard InChI is InChI=1S/C10H8F2OS/c1-5-10(13)6-2-3-8(11)9(12)7(6)4-14-5/h2-3,5H,4H2,1H3. The predicted octanol–water partition coefficient (Wildman–Crippen LogP) is 2.78. The summed E-state index contributed by atoms with van der Waals surface area (Å²) in [6.45, 7) is 1.78. The third-order valence-corrected chi connectivity index (χ3v) is 3.48. The van der Waals surface area contributed by atoms with E-state index in [2.05, 4.69) is 0 Å². The van der Waals surface area contributed by atoms with Crippen molar-refractivity contribution in [1.82, 2.24) is 0 Å². The molecule has 0 aromatic heterocycles. The highest BCUT2D eigenvalue weighted by molar-refractivity contribution is 8.00. The SMILES string of the molecule is CC1SCc2c(ccc(F)c2F)C1=O. The predicted molar refractivity (Wildman–Crippen MR) is 51.4 cm³/mol. The second-order valence-corrected chi connectivity index (χ2v) is 4.53. The number of fused-ring (bicyclic) bond motifs is 1. The van der Waals surface area contributed by atoms with Gasteiger partial charge in [-0.25, -0.2) is 8.78 Å². The summed E-state index contributed by atoms with van der Waals surface area (Å²) < 4.78 is 26.1. The van der Waals surface area contributed by atoms with Gasteiger partial charge in [-0.15, -0.1) is 11.8 Å². The molecule has 1 aromatic rings. The molecule has 0 N–H and O–H groups in total. The molecular weight excluding hydrogens is 206 g/mol. The van der Waals surface area contributed by atoms with Gasteiger partial charge in [0.2, 0.25) is 0 Å². The van der Waals surface area contributed by atoms with Crippen LogP contribution in [0.4, 0.5) is 8.78 Å². The number of Topliss-reactive ketones (excluding diaryl/α,β-unsaturated/α-hetero) is 1. The summed E-state index contributed by atoms with van der Waals surface area (Å²) in [6, 6.07) is 2.38. The van der Waals surface area contributed by atoms with Crippen LogP contribution < -0.4 is 0 Å². The van der Waals surface area contributed by atoms with Crippen molar-refractivity contribution in [3.63, 3.8) is 0 Å². The van der Waals surface area contributed by atoms with Gasteiger partial charge in [0.1, 0.15) is 0 Å². The Bertz CT molecular complexity index is 403. The molecular formula is C10H8F2OS. The Morgan fingerprint density at radius 3 is 2.86 bits per heavy atom. The average molecular weight is 214 g/mol. The zero-order valence-corrected chi connectivity index (χ0v) is 8.33. The van der Waals surface area contributed by atoms with E-state index in [0.29, 0.717) is 11.3 Å². The molecule has 0 radical (unpaired) electrons. The van der Waals surface area contributed by atoms with Crippen molar-refractivity contribution in [2.75, 3.05) is 0 Å². The lowest BCUT2D eigenvalue weighted by Gasteiger charge is -2.20. The zero-order chi connectivity index (χ0) is 10.3. The largest absolute Gasteiger partial charge is 0.293 e.